The Bertz CT molecular complexity index is 916. The summed E-state index contributed by atoms with van der Waals surface area (Å²) in [6.07, 6.45) is -4.71. The maximum absolute atomic E-state index is 13.3. The van der Waals surface area contributed by atoms with Crippen LogP contribution in [0.15, 0.2) is 36.4 Å². The lowest BCUT2D eigenvalue weighted by atomic mass is 10.1. The van der Waals surface area contributed by atoms with Crippen LogP contribution < -0.4 is 5.32 Å². The molecule has 0 saturated heterocycles. The van der Waals surface area contributed by atoms with Crippen molar-refractivity contribution in [2.24, 2.45) is 0 Å². The highest BCUT2D eigenvalue weighted by atomic mass is 19.4. The summed E-state index contributed by atoms with van der Waals surface area (Å²) in [5.74, 6) is -1.14. The van der Waals surface area contributed by atoms with Crippen molar-refractivity contribution in [1.82, 2.24) is 19.9 Å². The van der Waals surface area contributed by atoms with Crippen molar-refractivity contribution in [1.29, 1.82) is 0 Å². The van der Waals surface area contributed by atoms with Crippen molar-refractivity contribution in [3.63, 3.8) is 0 Å². The lowest BCUT2D eigenvalue weighted by molar-refractivity contribution is -0.142. The molecule has 2 aromatic heterocycles. The van der Waals surface area contributed by atoms with Gasteiger partial charge >= 0.3 is 6.18 Å². The molecule has 0 aliphatic heterocycles. The first-order valence-corrected chi connectivity index (χ1v) is 6.75. The monoisotopic (exact) mass is 338 g/mol. The van der Waals surface area contributed by atoms with Gasteiger partial charge < -0.3 is 5.32 Å². The molecule has 2 heterocycles. The Kier molecular flexibility index (Phi) is 3.70. The molecular formula is C15H10F4N4O. The number of alkyl halides is 3. The molecule has 0 unspecified atom stereocenters. The minimum absolute atomic E-state index is 0.00168. The molecule has 9 heteroatoms. The van der Waals surface area contributed by atoms with E-state index in [1.807, 2.05) is 0 Å². The molecule has 0 aliphatic carbocycles. The molecule has 0 radical (unpaired) electrons. The van der Waals surface area contributed by atoms with Gasteiger partial charge in [-0.3, -0.25) is 4.79 Å². The third-order valence-corrected chi connectivity index (χ3v) is 3.32. The van der Waals surface area contributed by atoms with Crippen LogP contribution in [-0.2, 0) is 6.18 Å². The molecule has 0 spiro atoms. The maximum Gasteiger partial charge on any atom is 0.433 e. The number of fused-ring (bicyclic) bond motifs is 1. The third kappa shape index (κ3) is 2.80. The second-order valence-electron chi connectivity index (χ2n) is 4.91. The van der Waals surface area contributed by atoms with Crippen LogP contribution in [0.3, 0.4) is 0 Å². The first-order chi connectivity index (χ1) is 11.3. The maximum atomic E-state index is 13.3. The molecule has 0 aliphatic rings. The number of carbonyl (C=O) groups excluding carboxylic acids is 1. The predicted molar refractivity (Wildman–Crippen MR) is 76.8 cm³/mol. The van der Waals surface area contributed by atoms with E-state index in [9.17, 15) is 22.4 Å². The Morgan fingerprint density at radius 2 is 1.83 bits per heavy atom. The lowest BCUT2D eigenvalue weighted by Crippen LogP contribution is -2.19. The first kappa shape index (κ1) is 15.9. The van der Waals surface area contributed by atoms with Crippen LogP contribution >= 0.6 is 0 Å². The van der Waals surface area contributed by atoms with Gasteiger partial charge in [0.15, 0.2) is 17.0 Å². The summed E-state index contributed by atoms with van der Waals surface area (Å²) < 4.78 is 53.5. The molecular weight excluding hydrogens is 328 g/mol. The zero-order valence-electron chi connectivity index (χ0n) is 12.2. The summed E-state index contributed by atoms with van der Waals surface area (Å²) in [4.78, 5) is 15.7. The van der Waals surface area contributed by atoms with Crippen molar-refractivity contribution in [3.8, 4) is 11.3 Å². The smallest absolute Gasteiger partial charge is 0.354 e. The Hall–Kier alpha value is -2.97. The van der Waals surface area contributed by atoms with Crippen LogP contribution in [0.5, 0.6) is 0 Å². The van der Waals surface area contributed by atoms with Gasteiger partial charge in [0.1, 0.15) is 5.82 Å². The normalized spacial score (nSPS) is 11.7. The minimum Gasteiger partial charge on any atom is -0.354 e. The summed E-state index contributed by atoms with van der Waals surface area (Å²) in [6, 6.07) is 6.86. The number of nitrogens with zero attached hydrogens (tertiary/aromatic N) is 3. The van der Waals surface area contributed by atoms with Crippen LogP contribution in [0.25, 0.3) is 16.9 Å². The second-order valence-corrected chi connectivity index (χ2v) is 4.91. The number of hydrogen-bond donors (Lipinski definition) is 1. The van der Waals surface area contributed by atoms with Crippen molar-refractivity contribution in [2.75, 3.05) is 7.05 Å². The summed E-state index contributed by atoms with van der Waals surface area (Å²) in [5, 5.41) is 5.95. The summed E-state index contributed by atoms with van der Waals surface area (Å²) in [6.45, 7) is 0. The SMILES string of the molecule is CNC(=O)c1cc2nc(-c3ccc(F)cc3)cc(C(F)(F)F)n2n1. The molecule has 1 aromatic carbocycles. The van der Waals surface area contributed by atoms with E-state index in [-0.39, 0.29) is 17.0 Å². The average Bonchev–Trinajstić information content (AvgIpc) is 2.96. The number of aromatic nitrogens is 3. The predicted octanol–water partition coefficient (Wildman–Crippen LogP) is 2.91. The van der Waals surface area contributed by atoms with Crippen molar-refractivity contribution in [2.45, 2.75) is 6.18 Å². The molecule has 24 heavy (non-hydrogen) atoms. The van der Waals surface area contributed by atoms with E-state index in [1.54, 1.807) is 0 Å². The highest BCUT2D eigenvalue weighted by Gasteiger charge is 2.35. The molecule has 5 nitrogen and oxygen atoms in total. The average molecular weight is 338 g/mol. The standard InChI is InChI=1S/C15H10F4N4O/c1-20-14(24)11-7-13-21-10(8-2-4-9(16)5-3-8)6-12(15(17,18)19)23(13)22-11/h2-7H,1H3,(H,20,24). The van der Waals surface area contributed by atoms with Gasteiger partial charge in [-0.05, 0) is 30.3 Å². The number of hydrogen-bond acceptors (Lipinski definition) is 3. The van der Waals surface area contributed by atoms with Gasteiger partial charge in [-0.1, -0.05) is 0 Å². The van der Waals surface area contributed by atoms with Crippen molar-refractivity contribution < 1.29 is 22.4 Å². The molecule has 1 N–H and O–H groups in total. The van der Waals surface area contributed by atoms with Crippen LogP contribution in [0.2, 0.25) is 0 Å². The van der Waals surface area contributed by atoms with E-state index in [1.165, 1.54) is 19.2 Å². The third-order valence-electron chi connectivity index (χ3n) is 3.32. The van der Waals surface area contributed by atoms with Gasteiger partial charge in [0.25, 0.3) is 5.91 Å². The highest BCUT2D eigenvalue weighted by Crippen LogP contribution is 2.32. The minimum atomic E-state index is -4.71. The van der Waals surface area contributed by atoms with Crippen LogP contribution in [0, 0.1) is 5.82 Å². The molecule has 1 amide bonds. The van der Waals surface area contributed by atoms with Gasteiger partial charge in [-0.25, -0.2) is 13.9 Å². The number of benzene rings is 1. The fourth-order valence-corrected chi connectivity index (χ4v) is 2.18. The number of rotatable bonds is 2. The summed E-state index contributed by atoms with van der Waals surface area (Å²) in [5.41, 5.74) is -1.10. The topological polar surface area (TPSA) is 59.3 Å². The molecule has 124 valence electrons. The van der Waals surface area contributed by atoms with Crippen molar-refractivity contribution >= 4 is 11.6 Å². The van der Waals surface area contributed by atoms with E-state index in [2.05, 4.69) is 15.4 Å². The highest BCUT2D eigenvalue weighted by molar-refractivity contribution is 5.93. The Labute approximate surface area is 132 Å². The van der Waals surface area contributed by atoms with E-state index in [0.29, 0.717) is 10.1 Å². The van der Waals surface area contributed by atoms with E-state index in [4.69, 9.17) is 0 Å². The van der Waals surface area contributed by atoms with Crippen LogP contribution in [0.4, 0.5) is 17.6 Å². The number of amides is 1. The van der Waals surface area contributed by atoms with Crippen LogP contribution in [-0.4, -0.2) is 27.6 Å². The van der Waals surface area contributed by atoms with Gasteiger partial charge in [-0.2, -0.15) is 18.3 Å². The Balaban J connectivity index is 2.25. The van der Waals surface area contributed by atoms with Gasteiger partial charge in [-0.15, -0.1) is 0 Å². The molecule has 3 rings (SSSR count). The second kappa shape index (κ2) is 5.59. The van der Waals surface area contributed by atoms with Crippen LogP contribution in [0.1, 0.15) is 16.2 Å². The Morgan fingerprint density at radius 1 is 1.17 bits per heavy atom. The van der Waals surface area contributed by atoms with E-state index in [0.717, 1.165) is 24.3 Å². The van der Waals surface area contributed by atoms with Gasteiger partial charge in [0.2, 0.25) is 0 Å². The van der Waals surface area contributed by atoms with E-state index >= 15 is 0 Å². The molecule has 0 atom stereocenters. The summed E-state index contributed by atoms with van der Waals surface area (Å²) >= 11 is 0. The van der Waals surface area contributed by atoms with Gasteiger partial charge in [0, 0.05) is 18.7 Å². The van der Waals surface area contributed by atoms with Gasteiger partial charge in [0.05, 0.1) is 5.69 Å². The zero-order valence-corrected chi connectivity index (χ0v) is 12.2. The zero-order chi connectivity index (χ0) is 17.5. The molecule has 3 aromatic rings. The fraction of sp³-hybridized carbons (Fsp3) is 0.133. The number of carbonyl (C=O) groups is 1. The Morgan fingerprint density at radius 3 is 2.42 bits per heavy atom. The lowest BCUT2D eigenvalue weighted by Gasteiger charge is -2.11. The quantitative estimate of drug-likeness (QED) is 0.731. The molecule has 0 bridgehead atoms. The number of halogens is 4. The fourth-order valence-electron chi connectivity index (χ4n) is 2.18. The summed E-state index contributed by atoms with van der Waals surface area (Å²) in [7, 11) is 1.34. The van der Waals surface area contributed by atoms with E-state index < -0.39 is 23.6 Å². The largest absolute Gasteiger partial charge is 0.433 e. The molecule has 0 saturated carbocycles. The molecule has 0 fully saturated rings. The number of nitrogens with one attached hydrogen (secondary N) is 1. The first-order valence-electron chi connectivity index (χ1n) is 6.75. The van der Waals surface area contributed by atoms with Crippen molar-refractivity contribution in [3.05, 3.63) is 53.6 Å².